The van der Waals surface area contributed by atoms with Crippen LogP contribution in [0.3, 0.4) is 0 Å². The van der Waals surface area contributed by atoms with Gasteiger partial charge in [0.1, 0.15) is 23.7 Å². The molecule has 2 aromatic carbocycles. The number of hydrogen-bond donors (Lipinski definition) is 0. The van der Waals surface area contributed by atoms with E-state index in [0.717, 1.165) is 66.9 Å². The molecule has 0 radical (unpaired) electrons. The second-order valence-electron chi connectivity index (χ2n) is 7.68. The summed E-state index contributed by atoms with van der Waals surface area (Å²) in [7, 11) is 0. The van der Waals surface area contributed by atoms with Crippen molar-refractivity contribution in [1.82, 2.24) is 4.90 Å². The van der Waals surface area contributed by atoms with E-state index < -0.39 is 0 Å². The highest BCUT2D eigenvalue weighted by atomic mass is 16.5. The second-order valence-corrected chi connectivity index (χ2v) is 7.68. The van der Waals surface area contributed by atoms with Gasteiger partial charge in [0.25, 0.3) is 0 Å². The van der Waals surface area contributed by atoms with Crippen molar-refractivity contribution < 1.29 is 13.9 Å². The molecule has 0 spiro atoms. The third kappa shape index (κ3) is 4.93. The number of unbranched alkanes of at least 4 members (excludes halogenated alkanes) is 1. The van der Waals surface area contributed by atoms with Crippen LogP contribution in [0.1, 0.15) is 60.9 Å². The number of carbonyl (C=O) groups excluding carboxylic acids is 1. The van der Waals surface area contributed by atoms with E-state index in [-0.39, 0.29) is 5.78 Å². The summed E-state index contributed by atoms with van der Waals surface area (Å²) in [6.45, 7) is 12.0. The Kier molecular flexibility index (Phi) is 7.69. The van der Waals surface area contributed by atoms with E-state index in [0.29, 0.717) is 17.7 Å². The number of ketones is 1. The molecular weight excluding hydrogens is 374 g/mol. The first-order chi connectivity index (χ1) is 14.6. The minimum Gasteiger partial charge on any atom is -0.492 e. The Hall–Kier alpha value is -2.59. The Bertz CT molecular complexity index is 985. The summed E-state index contributed by atoms with van der Waals surface area (Å²) in [5.41, 5.74) is 3.13. The topological polar surface area (TPSA) is 42.7 Å². The van der Waals surface area contributed by atoms with Crippen LogP contribution in [0, 0.1) is 6.92 Å². The number of likely N-dealkylation sites (N-methyl/N-ethyl adjacent to an activating group) is 1. The first-order valence-electron chi connectivity index (χ1n) is 11.1. The quantitative estimate of drug-likeness (QED) is 0.364. The van der Waals surface area contributed by atoms with E-state index in [4.69, 9.17) is 9.15 Å². The molecule has 0 aliphatic rings. The van der Waals surface area contributed by atoms with Gasteiger partial charge in [0.15, 0.2) is 5.78 Å². The normalized spacial score (nSPS) is 11.4. The molecule has 1 aromatic heterocycles. The largest absolute Gasteiger partial charge is 0.492 e. The van der Waals surface area contributed by atoms with E-state index in [9.17, 15) is 4.79 Å². The Morgan fingerprint density at radius 3 is 2.53 bits per heavy atom. The summed E-state index contributed by atoms with van der Waals surface area (Å²) >= 11 is 0. The Balaban J connectivity index is 1.83. The van der Waals surface area contributed by atoms with Crippen LogP contribution < -0.4 is 4.74 Å². The molecule has 0 bridgehead atoms. The van der Waals surface area contributed by atoms with Crippen molar-refractivity contribution in [3.63, 3.8) is 0 Å². The van der Waals surface area contributed by atoms with Gasteiger partial charge in [-0.15, -0.1) is 0 Å². The molecule has 0 atom stereocenters. The molecule has 0 aliphatic heterocycles. The maximum atomic E-state index is 13.4. The van der Waals surface area contributed by atoms with Gasteiger partial charge in [-0.25, -0.2) is 0 Å². The molecule has 4 heteroatoms. The molecule has 1 heterocycles. The van der Waals surface area contributed by atoms with Crippen molar-refractivity contribution in [3.05, 3.63) is 64.9 Å². The molecule has 160 valence electrons. The first kappa shape index (κ1) is 22.1. The number of ether oxygens (including phenoxy) is 1. The number of benzene rings is 2. The van der Waals surface area contributed by atoms with Gasteiger partial charge in [0.05, 0.1) is 5.56 Å². The summed E-state index contributed by atoms with van der Waals surface area (Å²) in [5, 5.41) is 0.894. The maximum Gasteiger partial charge on any atom is 0.197 e. The van der Waals surface area contributed by atoms with Gasteiger partial charge in [-0.3, -0.25) is 4.79 Å². The summed E-state index contributed by atoms with van der Waals surface area (Å²) in [6, 6.07) is 13.5. The van der Waals surface area contributed by atoms with E-state index in [2.05, 4.69) is 25.7 Å². The summed E-state index contributed by atoms with van der Waals surface area (Å²) in [5.74, 6) is 1.64. The number of furan rings is 1. The van der Waals surface area contributed by atoms with Crippen molar-refractivity contribution in [1.29, 1.82) is 0 Å². The third-order valence-corrected chi connectivity index (χ3v) is 5.65. The van der Waals surface area contributed by atoms with Crippen molar-refractivity contribution >= 4 is 16.8 Å². The molecule has 30 heavy (non-hydrogen) atoms. The molecule has 0 N–H and O–H groups in total. The molecule has 0 saturated heterocycles. The number of hydrogen-bond acceptors (Lipinski definition) is 4. The van der Waals surface area contributed by atoms with Crippen LogP contribution in [0.2, 0.25) is 0 Å². The van der Waals surface area contributed by atoms with Gasteiger partial charge in [0, 0.05) is 23.9 Å². The Morgan fingerprint density at radius 2 is 1.83 bits per heavy atom. The summed E-state index contributed by atoms with van der Waals surface area (Å²) in [4.78, 5) is 15.8. The number of nitrogens with zero attached hydrogens (tertiary/aromatic N) is 1. The van der Waals surface area contributed by atoms with Crippen LogP contribution in [0.15, 0.2) is 46.9 Å². The molecule has 0 saturated carbocycles. The molecule has 3 rings (SSSR count). The lowest BCUT2D eigenvalue weighted by Gasteiger charge is -2.18. The molecular formula is C26H33NO3. The number of rotatable bonds is 11. The van der Waals surface area contributed by atoms with Crippen molar-refractivity contribution in [2.45, 2.75) is 47.0 Å². The third-order valence-electron chi connectivity index (χ3n) is 5.65. The van der Waals surface area contributed by atoms with Crippen LogP contribution in [0.4, 0.5) is 0 Å². The average Bonchev–Trinajstić information content (AvgIpc) is 3.14. The number of carbonyl (C=O) groups is 1. The van der Waals surface area contributed by atoms with E-state index >= 15 is 0 Å². The standard InChI is InChI=1S/C26H33NO3/c1-5-8-12-24-25(21-11-9-10-13-23(21)30-24)26(28)20-14-15-22(19(4)18-20)29-17-16-27(6-2)7-3/h9-11,13-15,18H,5-8,12,16-17H2,1-4H3. The van der Waals surface area contributed by atoms with E-state index in [1.54, 1.807) is 0 Å². The van der Waals surface area contributed by atoms with Gasteiger partial charge in [-0.1, -0.05) is 45.4 Å². The lowest BCUT2D eigenvalue weighted by molar-refractivity contribution is 0.103. The predicted molar refractivity (Wildman–Crippen MR) is 123 cm³/mol. The van der Waals surface area contributed by atoms with Gasteiger partial charge in [0.2, 0.25) is 0 Å². The predicted octanol–water partition coefficient (Wildman–Crippen LogP) is 6.04. The fourth-order valence-electron chi connectivity index (χ4n) is 3.78. The van der Waals surface area contributed by atoms with Gasteiger partial charge in [-0.05, 0) is 56.3 Å². The lowest BCUT2D eigenvalue weighted by Crippen LogP contribution is -2.28. The summed E-state index contributed by atoms with van der Waals surface area (Å²) in [6.07, 6.45) is 2.83. The highest BCUT2D eigenvalue weighted by Crippen LogP contribution is 2.30. The van der Waals surface area contributed by atoms with Crippen LogP contribution >= 0.6 is 0 Å². The van der Waals surface area contributed by atoms with E-state index in [1.165, 1.54) is 0 Å². The van der Waals surface area contributed by atoms with Crippen LogP contribution in [0.25, 0.3) is 11.0 Å². The van der Waals surface area contributed by atoms with E-state index in [1.807, 2.05) is 49.4 Å². The molecule has 0 fully saturated rings. The molecule has 3 aromatic rings. The monoisotopic (exact) mass is 407 g/mol. The van der Waals surface area contributed by atoms with Crippen molar-refractivity contribution in [2.24, 2.45) is 0 Å². The Labute approximate surface area is 179 Å². The average molecular weight is 408 g/mol. The van der Waals surface area contributed by atoms with Gasteiger partial charge in [-0.2, -0.15) is 0 Å². The zero-order chi connectivity index (χ0) is 21.5. The van der Waals surface area contributed by atoms with Gasteiger partial charge >= 0.3 is 0 Å². The lowest BCUT2D eigenvalue weighted by atomic mass is 9.97. The maximum absolute atomic E-state index is 13.4. The Morgan fingerprint density at radius 1 is 1.07 bits per heavy atom. The molecule has 0 amide bonds. The van der Waals surface area contributed by atoms with Crippen molar-refractivity contribution in [2.75, 3.05) is 26.2 Å². The number of fused-ring (bicyclic) bond motifs is 1. The van der Waals surface area contributed by atoms with Gasteiger partial charge < -0.3 is 14.1 Å². The zero-order valence-electron chi connectivity index (χ0n) is 18.7. The number of para-hydroxylation sites is 1. The van der Waals surface area contributed by atoms with Crippen LogP contribution in [-0.2, 0) is 6.42 Å². The smallest absolute Gasteiger partial charge is 0.197 e. The van der Waals surface area contributed by atoms with Crippen LogP contribution in [0.5, 0.6) is 5.75 Å². The van der Waals surface area contributed by atoms with Crippen LogP contribution in [-0.4, -0.2) is 36.9 Å². The first-order valence-corrected chi connectivity index (χ1v) is 11.1. The SMILES string of the molecule is CCCCc1oc2ccccc2c1C(=O)c1ccc(OCCN(CC)CC)c(C)c1. The minimum atomic E-state index is 0.0174. The second kappa shape index (κ2) is 10.4. The zero-order valence-corrected chi connectivity index (χ0v) is 18.7. The fraction of sp³-hybridized carbons (Fsp3) is 0.423. The molecule has 0 aliphatic carbocycles. The number of aryl methyl sites for hydroxylation is 2. The summed E-state index contributed by atoms with van der Waals surface area (Å²) < 4.78 is 12.0. The highest BCUT2D eigenvalue weighted by Gasteiger charge is 2.22. The molecule has 0 unspecified atom stereocenters. The highest BCUT2D eigenvalue weighted by molar-refractivity contribution is 6.17. The molecule has 4 nitrogen and oxygen atoms in total. The fourth-order valence-corrected chi connectivity index (χ4v) is 3.78. The van der Waals surface area contributed by atoms with Crippen molar-refractivity contribution in [3.8, 4) is 5.75 Å². The minimum absolute atomic E-state index is 0.0174.